The van der Waals surface area contributed by atoms with Crippen LogP contribution in [-0.4, -0.2) is 48.9 Å². The van der Waals surface area contributed by atoms with Crippen molar-refractivity contribution in [3.05, 3.63) is 103 Å². The van der Waals surface area contributed by atoms with Crippen LogP contribution in [0.3, 0.4) is 0 Å². The molecule has 0 saturated heterocycles. The predicted octanol–water partition coefficient (Wildman–Crippen LogP) is 7.77. The molecular formula is C36H34N6O4. The number of hydrogen-bond donors (Lipinski definition) is 3. The maximum absolute atomic E-state index is 13.0. The molecule has 6 aromatic rings. The Bertz CT molecular complexity index is 2040. The highest BCUT2D eigenvalue weighted by atomic mass is 16.5. The Labute approximate surface area is 267 Å². The van der Waals surface area contributed by atoms with E-state index >= 15 is 0 Å². The van der Waals surface area contributed by atoms with Gasteiger partial charge in [-0.15, -0.1) is 0 Å². The van der Waals surface area contributed by atoms with Crippen molar-refractivity contribution in [1.82, 2.24) is 14.5 Å². The lowest BCUT2D eigenvalue weighted by molar-refractivity contribution is 0.262. The molecule has 2 heterocycles. The monoisotopic (exact) mass is 614 g/mol. The molecule has 10 heteroatoms. The second-order valence-corrected chi connectivity index (χ2v) is 10.6. The zero-order chi connectivity index (χ0) is 32.2. The summed E-state index contributed by atoms with van der Waals surface area (Å²) in [5.41, 5.74) is 7.07. The van der Waals surface area contributed by atoms with Gasteiger partial charge in [-0.25, -0.2) is 14.8 Å². The molecular weight excluding hydrogens is 580 g/mol. The molecule has 0 bridgehead atoms. The van der Waals surface area contributed by atoms with Crippen LogP contribution < -0.4 is 30.2 Å². The van der Waals surface area contributed by atoms with Gasteiger partial charge in [-0.05, 0) is 65.6 Å². The lowest BCUT2D eigenvalue weighted by Gasteiger charge is -2.15. The van der Waals surface area contributed by atoms with Gasteiger partial charge in [0.2, 0.25) is 0 Å². The van der Waals surface area contributed by atoms with Gasteiger partial charge in [0.1, 0.15) is 35.2 Å². The van der Waals surface area contributed by atoms with Gasteiger partial charge in [0.25, 0.3) is 0 Å². The molecule has 0 atom stereocenters. The molecule has 4 aromatic carbocycles. The number of urea groups is 1. The van der Waals surface area contributed by atoms with Crippen molar-refractivity contribution in [2.24, 2.45) is 0 Å². The topological polar surface area (TPSA) is 112 Å². The first kappa shape index (κ1) is 30.0. The minimum absolute atomic E-state index is 0.391. The number of benzene rings is 4. The number of aromatic nitrogens is 3. The Hall–Kier alpha value is -6.03. The predicted molar refractivity (Wildman–Crippen MR) is 183 cm³/mol. The highest BCUT2D eigenvalue weighted by Crippen LogP contribution is 2.37. The quantitative estimate of drug-likeness (QED) is 0.153. The Kier molecular flexibility index (Phi) is 8.42. The van der Waals surface area contributed by atoms with E-state index in [-0.39, 0.29) is 0 Å². The molecule has 0 saturated carbocycles. The number of hydrogen-bond acceptors (Lipinski definition) is 7. The molecule has 0 spiro atoms. The molecule has 0 aliphatic rings. The van der Waals surface area contributed by atoms with E-state index in [1.54, 1.807) is 33.7 Å². The van der Waals surface area contributed by atoms with Crippen molar-refractivity contribution in [3.8, 4) is 45.3 Å². The number of methoxy groups -OCH3 is 3. The van der Waals surface area contributed by atoms with Gasteiger partial charge in [-0.2, -0.15) is 0 Å². The zero-order valence-electron chi connectivity index (χ0n) is 26.2. The smallest absolute Gasteiger partial charge is 0.323 e. The molecule has 10 nitrogen and oxygen atoms in total. The summed E-state index contributed by atoms with van der Waals surface area (Å²) in [5.74, 6) is 3.43. The Morgan fingerprint density at radius 2 is 1.52 bits per heavy atom. The van der Waals surface area contributed by atoms with Crippen molar-refractivity contribution in [2.45, 2.75) is 6.92 Å². The van der Waals surface area contributed by atoms with E-state index in [9.17, 15) is 4.79 Å². The van der Waals surface area contributed by atoms with Crippen LogP contribution in [0.1, 0.15) is 5.56 Å². The number of aryl methyl sites for hydroxylation is 1. The van der Waals surface area contributed by atoms with Crippen LogP contribution >= 0.6 is 0 Å². The normalized spacial score (nSPS) is 10.8. The largest absolute Gasteiger partial charge is 0.497 e. The summed E-state index contributed by atoms with van der Waals surface area (Å²) in [5, 5.41) is 9.99. The van der Waals surface area contributed by atoms with Crippen LogP contribution in [-0.2, 0) is 0 Å². The first-order chi connectivity index (χ1) is 22.4. The van der Waals surface area contributed by atoms with Crippen LogP contribution in [0.5, 0.6) is 17.2 Å². The lowest BCUT2D eigenvalue weighted by Crippen LogP contribution is -2.20. The van der Waals surface area contributed by atoms with Crippen molar-refractivity contribution in [2.75, 3.05) is 44.3 Å². The number of ether oxygens (including phenoxy) is 3. The van der Waals surface area contributed by atoms with E-state index in [1.165, 1.54) is 0 Å². The number of amides is 2. The molecule has 46 heavy (non-hydrogen) atoms. The molecule has 0 aliphatic carbocycles. The fourth-order valence-electron chi connectivity index (χ4n) is 5.43. The summed E-state index contributed by atoms with van der Waals surface area (Å²) in [6.45, 7) is 1.91. The number of rotatable bonds is 9. The first-order valence-electron chi connectivity index (χ1n) is 14.6. The second kappa shape index (κ2) is 12.9. The number of carbonyl (C=O) groups is 1. The van der Waals surface area contributed by atoms with E-state index in [0.29, 0.717) is 28.7 Å². The fourth-order valence-corrected chi connectivity index (χ4v) is 5.43. The molecule has 0 aliphatic heterocycles. The minimum atomic E-state index is -0.391. The average Bonchev–Trinajstić information content (AvgIpc) is 3.47. The third-order valence-electron chi connectivity index (χ3n) is 7.78. The van der Waals surface area contributed by atoms with Crippen molar-refractivity contribution in [1.29, 1.82) is 0 Å². The Morgan fingerprint density at radius 3 is 2.26 bits per heavy atom. The maximum atomic E-state index is 13.0. The van der Waals surface area contributed by atoms with Gasteiger partial charge in [0.15, 0.2) is 0 Å². The summed E-state index contributed by atoms with van der Waals surface area (Å²) in [4.78, 5) is 21.9. The zero-order valence-corrected chi connectivity index (χ0v) is 26.2. The molecule has 3 N–H and O–H groups in total. The lowest BCUT2D eigenvalue weighted by atomic mass is 10.0. The van der Waals surface area contributed by atoms with Gasteiger partial charge >= 0.3 is 6.03 Å². The molecule has 0 unspecified atom stereocenters. The van der Waals surface area contributed by atoms with Crippen LogP contribution in [0.25, 0.3) is 39.0 Å². The van der Waals surface area contributed by atoms with E-state index in [0.717, 1.165) is 50.3 Å². The summed E-state index contributed by atoms with van der Waals surface area (Å²) in [6.07, 6.45) is 3.64. The number of anilines is 3. The summed E-state index contributed by atoms with van der Waals surface area (Å²) in [7, 11) is 6.64. The Morgan fingerprint density at radius 1 is 0.761 bits per heavy atom. The van der Waals surface area contributed by atoms with Gasteiger partial charge < -0.3 is 34.7 Å². The first-order valence-corrected chi connectivity index (χ1v) is 14.6. The SMILES string of the molecule is CNc1cc(-n2cc(-c3ccc(OC)cc3)c3ccc(-c4cccc(NC(=O)Nc5cc(C)c(OC)cc5OC)c4)cc32)ncn1. The maximum Gasteiger partial charge on any atom is 0.323 e. The molecule has 6 rings (SSSR count). The minimum Gasteiger partial charge on any atom is -0.497 e. The van der Waals surface area contributed by atoms with Gasteiger partial charge in [0, 0.05) is 42.0 Å². The van der Waals surface area contributed by atoms with Crippen LogP contribution in [0, 0.1) is 6.92 Å². The van der Waals surface area contributed by atoms with Gasteiger partial charge in [0.05, 0.1) is 32.5 Å². The number of carbonyl (C=O) groups excluding carboxylic acids is 1. The van der Waals surface area contributed by atoms with E-state index in [2.05, 4.69) is 54.9 Å². The molecule has 2 aromatic heterocycles. The highest BCUT2D eigenvalue weighted by Gasteiger charge is 2.16. The number of fused-ring (bicyclic) bond motifs is 1. The third kappa shape index (κ3) is 6.00. The van der Waals surface area contributed by atoms with Crippen LogP contribution in [0.15, 0.2) is 97.5 Å². The van der Waals surface area contributed by atoms with E-state index in [4.69, 9.17) is 14.2 Å². The van der Waals surface area contributed by atoms with Crippen molar-refractivity contribution < 1.29 is 19.0 Å². The summed E-state index contributed by atoms with van der Waals surface area (Å²) >= 11 is 0. The van der Waals surface area contributed by atoms with Crippen LogP contribution in [0.4, 0.5) is 22.0 Å². The second-order valence-electron chi connectivity index (χ2n) is 10.6. The van der Waals surface area contributed by atoms with E-state index in [1.807, 2.05) is 74.6 Å². The molecule has 0 fully saturated rings. The van der Waals surface area contributed by atoms with Crippen molar-refractivity contribution >= 4 is 34.1 Å². The summed E-state index contributed by atoms with van der Waals surface area (Å²) < 4.78 is 18.3. The number of nitrogens with zero attached hydrogens (tertiary/aromatic N) is 3. The van der Waals surface area contributed by atoms with Crippen LogP contribution in [0.2, 0.25) is 0 Å². The highest BCUT2D eigenvalue weighted by molar-refractivity contribution is 6.02. The van der Waals surface area contributed by atoms with Crippen molar-refractivity contribution in [3.63, 3.8) is 0 Å². The molecule has 2 amide bonds. The third-order valence-corrected chi connectivity index (χ3v) is 7.78. The number of nitrogens with one attached hydrogen (secondary N) is 3. The van der Waals surface area contributed by atoms with Gasteiger partial charge in [-0.3, -0.25) is 0 Å². The van der Waals surface area contributed by atoms with Gasteiger partial charge in [-0.1, -0.05) is 36.4 Å². The fraction of sp³-hybridized carbons (Fsp3) is 0.139. The standard InChI is InChI=1S/C36H34N6O4/c1-22-15-30(33(46-5)18-32(22)45-4)41-36(43)40-26-8-6-7-24(16-26)25-11-14-28-29(23-9-12-27(44-3)13-10-23)20-42(31(28)17-25)35-19-34(37-2)38-21-39-35/h6-21H,1-5H3,(H,37,38,39)(H2,40,41,43). The average molecular weight is 615 g/mol. The Balaban J connectivity index is 1.34. The molecule has 0 radical (unpaired) electrons. The van der Waals surface area contributed by atoms with E-state index < -0.39 is 6.03 Å². The molecule has 232 valence electrons. The summed E-state index contributed by atoms with van der Waals surface area (Å²) in [6, 6.07) is 27.2.